The summed E-state index contributed by atoms with van der Waals surface area (Å²) in [6, 6.07) is 8.05. The lowest BCUT2D eigenvalue weighted by Gasteiger charge is -2.34. The Kier molecular flexibility index (Phi) is 11.0. The molecule has 0 atom stereocenters. The molecule has 0 amide bonds. The molecule has 1 aromatic carbocycles. The van der Waals surface area contributed by atoms with Gasteiger partial charge in [0.25, 0.3) is 0 Å². The van der Waals surface area contributed by atoms with E-state index in [4.69, 9.17) is 0 Å². The number of Topliss-reactive ketones (excluding diaryl/α,β-unsaturated/α-hetero) is 1. The van der Waals surface area contributed by atoms with Crippen LogP contribution in [0.2, 0.25) is 0 Å². The number of rotatable bonds is 8. The van der Waals surface area contributed by atoms with Gasteiger partial charge in [-0.3, -0.25) is 4.79 Å². The Labute approximate surface area is 165 Å². The standard InChI is InChI=1S/C15H22N2O.C8H16O/c1-12(2)15(18)13-4-6-14(7-5-13)17-10-8-16(3)9-11-17;1-8(2)6-4-3-5-7-9/h4-7,12H,8-11H2,1-3H3;7-8H,3-6H2,1-2H3. The van der Waals surface area contributed by atoms with E-state index in [0.29, 0.717) is 0 Å². The van der Waals surface area contributed by atoms with Gasteiger partial charge in [0.05, 0.1) is 0 Å². The van der Waals surface area contributed by atoms with E-state index < -0.39 is 0 Å². The summed E-state index contributed by atoms with van der Waals surface area (Å²) >= 11 is 0. The summed E-state index contributed by atoms with van der Waals surface area (Å²) in [6.07, 6.45) is 5.28. The van der Waals surface area contributed by atoms with Crippen LogP contribution in [0.3, 0.4) is 0 Å². The van der Waals surface area contributed by atoms with Gasteiger partial charge in [-0.2, -0.15) is 0 Å². The van der Waals surface area contributed by atoms with Crippen molar-refractivity contribution in [2.75, 3.05) is 38.1 Å². The number of hydrogen-bond acceptors (Lipinski definition) is 4. The summed E-state index contributed by atoms with van der Waals surface area (Å²) in [7, 11) is 2.15. The lowest BCUT2D eigenvalue weighted by Crippen LogP contribution is -2.44. The molecule has 1 aromatic rings. The Morgan fingerprint density at radius 1 is 1.00 bits per heavy atom. The highest BCUT2D eigenvalue weighted by molar-refractivity contribution is 5.97. The number of unbranched alkanes of at least 4 members (excludes halogenated alkanes) is 2. The minimum atomic E-state index is 0.0690. The minimum Gasteiger partial charge on any atom is -0.369 e. The molecule has 0 aliphatic carbocycles. The fourth-order valence-electron chi connectivity index (χ4n) is 3.01. The second-order valence-corrected chi connectivity index (χ2v) is 8.20. The summed E-state index contributed by atoms with van der Waals surface area (Å²) in [6.45, 7) is 12.6. The van der Waals surface area contributed by atoms with Gasteiger partial charge in [-0.25, -0.2) is 0 Å². The maximum atomic E-state index is 11.9. The van der Waals surface area contributed by atoms with Crippen LogP contribution in [0.5, 0.6) is 0 Å². The molecule has 4 heteroatoms. The molecule has 27 heavy (non-hydrogen) atoms. The van der Waals surface area contributed by atoms with Gasteiger partial charge >= 0.3 is 0 Å². The molecule has 1 aliphatic rings. The number of nitrogens with zero attached hydrogens (tertiary/aromatic N) is 2. The molecule has 0 aromatic heterocycles. The summed E-state index contributed by atoms with van der Waals surface area (Å²) in [5.74, 6) is 1.08. The van der Waals surface area contributed by atoms with Gasteiger partial charge in [-0.15, -0.1) is 0 Å². The van der Waals surface area contributed by atoms with E-state index in [0.717, 1.165) is 56.8 Å². The number of carbonyl (C=O) groups excluding carboxylic acids is 2. The van der Waals surface area contributed by atoms with Crippen LogP contribution in [0.15, 0.2) is 24.3 Å². The first-order valence-corrected chi connectivity index (χ1v) is 10.4. The van der Waals surface area contributed by atoms with Crippen molar-refractivity contribution >= 4 is 17.8 Å². The molecule has 1 heterocycles. The van der Waals surface area contributed by atoms with E-state index in [1.165, 1.54) is 18.5 Å². The van der Waals surface area contributed by atoms with Crippen molar-refractivity contribution in [3.05, 3.63) is 29.8 Å². The molecule has 1 fully saturated rings. The molecule has 4 nitrogen and oxygen atoms in total. The van der Waals surface area contributed by atoms with E-state index in [2.05, 4.69) is 42.8 Å². The minimum absolute atomic E-state index is 0.0690. The van der Waals surface area contributed by atoms with Crippen molar-refractivity contribution < 1.29 is 9.59 Å². The summed E-state index contributed by atoms with van der Waals surface area (Å²) in [5.41, 5.74) is 2.05. The molecule has 2 rings (SSSR count). The van der Waals surface area contributed by atoms with Crippen molar-refractivity contribution in [3.8, 4) is 0 Å². The quantitative estimate of drug-likeness (QED) is 0.376. The molecule has 0 unspecified atom stereocenters. The second kappa shape index (κ2) is 12.7. The van der Waals surface area contributed by atoms with Gasteiger partial charge in [-0.1, -0.05) is 40.5 Å². The van der Waals surface area contributed by atoms with Gasteiger partial charge in [-0.05, 0) is 43.7 Å². The highest BCUT2D eigenvalue weighted by atomic mass is 16.1. The van der Waals surface area contributed by atoms with Crippen LogP contribution in [-0.2, 0) is 4.79 Å². The number of aldehydes is 1. The van der Waals surface area contributed by atoms with Gasteiger partial charge in [0.1, 0.15) is 6.29 Å². The molecule has 1 saturated heterocycles. The molecule has 0 saturated carbocycles. The van der Waals surface area contributed by atoms with Crippen LogP contribution < -0.4 is 4.90 Å². The van der Waals surface area contributed by atoms with Gasteiger partial charge in [0, 0.05) is 49.8 Å². The largest absolute Gasteiger partial charge is 0.369 e. The number of carbonyl (C=O) groups is 2. The molecule has 152 valence electrons. The predicted molar refractivity (Wildman–Crippen MR) is 115 cm³/mol. The zero-order chi connectivity index (χ0) is 20.2. The zero-order valence-corrected chi connectivity index (χ0v) is 17.9. The van der Waals surface area contributed by atoms with E-state index in [-0.39, 0.29) is 11.7 Å². The third-order valence-electron chi connectivity index (χ3n) is 4.90. The fourth-order valence-corrected chi connectivity index (χ4v) is 3.01. The van der Waals surface area contributed by atoms with Crippen LogP contribution >= 0.6 is 0 Å². The molecule has 0 N–H and O–H groups in total. The Morgan fingerprint density at radius 2 is 1.59 bits per heavy atom. The normalized spacial score (nSPS) is 14.9. The third-order valence-corrected chi connectivity index (χ3v) is 4.90. The fraction of sp³-hybridized carbons (Fsp3) is 0.652. The topological polar surface area (TPSA) is 40.6 Å². The van der Waals surface area contributed by atoms with E-state index in [1.54, 1.807) is 0 Å². The second-order valence-electron chi connectivity index (χ2n) is 8.20. The first-order valence-electron chi connectivity index (χ1n) is 10.4. The van der Waals surface area contributed by atoms with Crippen molar-refractivity contribution in [1.29, 1.82) is 0 Å². The molecule has 1 aliphatic heterocycles. The maximum Gasteiger partial charge on any atom is 0.165 e. The first-order chi connectivity index (χ1) is 12.8. The SMILES string of the molecule is CC(C)C(=O)c1ccc(N2CCN(C)CC2)cc1.CC(C)CCCCC=O. The lowest BCUT2D eigenvalue weighted by atomic mass is 10.0. The zero-order valence-electron chi connectivity index (χ0n) is 17.9. The summed E-state index contributed by atoms with van der Waals surface area (Å²) < 4.78 is 0. The van der Waals surface area contributed by atoms with Crippen molar-refractivity contribution in [2.24, 2.45) is 11.8 Å². The van der Waals surface area contributed by atoms with Crippen LogP contribution in [0, 0.1) is 11.8 Å². The number of likely N-dealkylation sites (N-methyl/N-ethyl adjacent to an activating group) is 1. The van der Waals surface area contributed by atoms with Crippen LogP contribution in [0.1, 0.15) is 63.7 Å². The number of ketones is 1. The summed E-state index contributed by atoms with van der Waals surface area (Å²) in [5, 5.41) is 0. The Balaban J connectivity index is 0.000000345. The van der Waals surface area contributed by atoms with E-state index in [1.807, 2.05) is 26.0 Å². The average Bonchev–Trinajstić information content (AvgIpc) is 2.66. The van der Waals surface area contributed by atoms with Crippen molar-refractivity contribution in [1.82, 2.24) is 4.90 Å². The van der Waals surface area contributed by atoms with Crippen LogP contribution in [-0.4, -0.2) is 50.2 Å². The van der Waals surface area contributed by atoms with Gasteiger partial charge in [0.15, 0.2) is 5.78 Å². The number of anilines is 1. The number of hydrogen-bond donors (Lipinski definition) is 0. The molecule has 0 radical (unpaired) electrons. The predicted octanol–water partition coefficient (Wildman–Crippen LogP) is 4.68. The van der Waals surface area contributed by atoms with Gasteiger partial charge < -0.3 is 14.6 Å². The van der Waals surface area contributed by atoms with Crippen LogP contribution in [0.25, 0.3) is 0 Å². The van der Waals surface area contributed by atoms with Crippen molar-refractivity contribution in [2.45, 2.75) is 53.4 Å². The molecule has 0 spiro atoms. The lowest BCUT2D eigenvalue weighted by molar-refractivity contribution is -0.107. The highest BCUT2D eigenvalue weighted by Gasteiger charge is 2.15. The number of piperazine rings is 1. The van der Waals surface area contributed by atoms with E-state index in [9.17, 15) is 9.59 Å². The Morgan fingerprint density at radius 3 is 2.07 bits per heavy atom. The monoisotopic (exact) mass is 374 g/mol. The Hall–Kier alpha value is -1.68. The molecular weight excluding hydrogens is 336 g/mol. The molecule has 0 bridgehead atoms. The average molecular weight is 375 g/mol. The summed E-state index contributed by atoms with van der Waals surface area (Å²) in [4.78, 5) is 26.4. The van der Waals surface area contributed by atoms with Gasteiger partial charge in [0.2, 0.25) is 0 Å². The third kappa shape index (κ3) is 9.18. The van der Waals surface area contributed by atoms with Crippen LogP contribution in [0.4, 0.5) is 5.69 Å². The van der Waals surface area contributed by atoms with Crippen molar-refractivity contribution in [3.63, 3.8) is 0 Å². The number of benzene rings is 1. The smallest absolute Gasteiger partial charge is 0.165 e. The highest BCUT2D eigenvalue weighted by Crippen LogP contribution is 2.18. The Bertz CT molecular complexity index is 544. The molecular formula is C23H38N2O2. The maximum absolute atomic E-state index is 11.9. The van der Waals surface area contributed by atoms with E-state index >= 15 is 0 Å². The first kappa shape index (κ1) is 23.4.